The molecule has 0 spiro atoms. The summed E-state index contributed by atoms with van der Waals surface area (Å²) in [4.78, 5) is 2.45. The third-order valence-corrected chi connectivity index (χ3v) is 4.17. The Morgan fingerprint density at radius 1 is 1.44 bits per heavy atom. The van der Waals surface area contributed by atoms with Gasteiger partial charge in [-0.1, -0.05) is 27.7 Å². The molecule has 1 aliphatic rings. The van der Waals surface area contributed by atoms with Crippen molar-refractivity contribution in [1.29, 1.82) is 0 Å². The van der Waals surface area contributed by atoms with Crippen molar-refractivity contribution in [2.24, 2.45) is 11.3 Å². The van der Waals surface area contributed by atoms with E-state index in [4.69, 9.17) is 0 Å². The maximum atomic E-state index is 3.63. The summed E-state index contributed by atoms with van der Waals surface area (Å²) in [7, 11) is 2.22. The van der Waals surface area contributed by atoms with Gasteiger partial charge in [-0.2, -0.15) is 0 Å². The Bertz CT molecular complexity index is 201. The van der Waals surface area contributed by atoms with Gasteiger partial charge in [0.05, 0.1) is 0 Å². The first kappa shape index (κ1) is 13.9. The van der Waals surface area contributed by atoms with Crippen molar-refractivity contribution in [3.63, 3.8) is 0 Å². The standard InChI is InChI=1S/C13H29N3/c1-11(2)13(3,4)10-15-9-12-8-14-6-7-16(12)5/h11-12,14-15H,6-10H2,1-5H3. The number of piperazine rings is 1. The molecule has 0 saturated carbocycles. The van der Waals surface area contributed by atoms with Crippen molar-refractivity contribution in [2.75, 3.05) is 39.8 Å². The zero-order valence-corrected chi connectivity index (χ0v) is 11.6. The minimum atomic E-state index is 0.390. The molecule has 1 rings (SSSR count). The van der Waals surface area contributed by atoms with Crippen LogP contribution in [0.25, 0.3) is 0 Å². The molecule has 0 aromatic rings. The highest BCUT2D eigenvalue weighted by Crippen LogP contribution is 2.24. The van der Waals surface area contributed by atoms with E-state index in [1.54, 1.807) is 0 Å². The van der Waals surface area contributed by atoms with Crippen molar-refractivity contribution in [3.8, 4) is 0 Å². The van der Waals surface area contributed by atoms with E-state index < -0.39 is 0 Å². The lowest BCUT2D eigenvalue weighted by Gasteiger charge is -2.35. The summed E-state index contributed by atoms with van der Waals surface area (Å²) in [5.41, 5.74) is 0.390. The van der Waals surface area contributed by atoms with E-state index in [-0.39, 0.29) is 0 Å². The highest BCUT2D eigenvalue weighted by atomic mass is 15.2. The number of likely N-dealkylation sites (N-methyl/N-ethyl adjacent to an activating group) is 1. The van der Waals surface area contributed by atoms with Crippen LogP contribution in [0.1, 0.15) is 27.7 Å². The van der Waals surface area contributed by atoms with Gasteiger partial charge in [0.15, 0.2) is 0 Å². The molecule has 0 aliphatic carbocycles. The van der Waals surface area contributed by atoms with Crippen molar-refractivity contribution in [1.82, 2.24) is 15.5 Å². The molecule has 1 saturated heterocycles. The highest BCUT2D eigenvalue weighted by Gasteiger charge is 2.23. The van der Waals surface area contributed by atoms with Gasteiger partial charge in [0.2, 0.25) is 0 Å². The molecule has 1 heterocycles. The number of nitrogens with zero attached hydrogens (tertiary/aromatic N) is 1. The Morgan fingerprint density at radius 3 is 2.69 bits per heavy atom. The van der Waals surface area contributed by atoms with Crippen LogP contribution in [-0.4, -0.2) is 50.7 Å². The van der Waals surface area contributed by atoms with Crippen LogP contribution in [0.15, 0.2) is 0 Å². The largest absolute Gasteiger partial charge is 0.315 e. The fraction of sp³-hybridized carbons (Fsp3) is 1.00. The van der Waals surface area contributed by atoms with Crippen molar-refractivity contribution in [2.45, 2.75) is 33.7 Å². The molecule has 1 fully saturated rings. The lowest BCUT2D eigenvalue weighted by atomic mass is 9.81. The van der Waals surface area contributed by atoms with Gasteiger partial charge >= 0.3 is 0 Å². The van der Waals surface area contributed by atoms with E-state index in [0.29, 0.717) is 11.5 Å². The van der Waals surface area contributed by atoms with Crippen LogP contribution in [0.3, 0.4) is 0 Å². The second kappa shape index (κ2) is 5.99. The number of rotatable bonds is 5. The molecule has 2 N–H and O–H groups in total. The summed E-state index contributed by atoms with van der Waals surface area (Å²) in [6.07, 6.45) is 0. The van der Waals surface area contributed by atoms with Crippen molar-refractivity contribution < 1.29 is 0 Å². The minimum Gasteiger partial charge on any atom is -0.315 e. The van der Waals surface area contributed by atoms with Gasteiger partial charge in [-0.3, -0.25) is 4.90 Å². The third kappa shape index (κ3) is 4.04. The summed E-state index contributed by atoms with van der Waals surface area (Å²) in [6, 6.07) is 0.650. The van der Waals surface area contributed by atoms with Gasteiger partial charge in [-0.05, 0) is 18.4 Å². The van der Waals surface area contributed by atoms with Crippen LogP contribution in [-0.2, 0) is 0 Å². The number of hydrogen-bond donors (Lipinski definition) is 2. The first-order valence-electron chi connectivity index (χ1n) is 6.55. The summed E-state index contributed by atoms with van der Waals surface area (Å²) in [5.74, 6) is 0.724. The molecule has 0 bridgehead atoms. The van der Waals surface area contributed by atoms with E-state index in [1.807, 2.05) is 0 Å². The average Bonchev–Trinajstić information content (AvgIpc) is 2.20. The van der Waals surface area contributed by atoms with Crippen molar-refractivity contribution in [3.05, 3.63) is 0 Å². The molecule has 1 unspecified atom stereocenters. The van der Waals surface area contributed by atoms with Crippen LogP contribution >= 0.6 is 0 Å². The summed E-state index contributed by atoms with van der Waals surface area (Å²) in [5, 5.41) is 7.08. The molecule has 0 radical (unpaired) electrons. The Kier molecular flexibility index (Phi) is 5.22. The molecular weight excluding hydrogens is 198 g/mol. The number of hydrogen-bond acceptors (Lipinski definition) is 3. The second-order valence-electron chi connectivity index (χ2n) is 6.11. The third-order valence-electron chi connectivity index (χ3n) is 4.17. The molecule has 1 aliphatic heterocycles. The van der Waals surface area contributed by atoms with Gasteiger partial charge in [0.25, 0.3) is 0 Å². The smallest absolute Gasteiger partial charge is 0.0342 e. The summed E-state index contributed by atoms with van der Waals surface area (Å²) < 4.78 is 0. The van der Waals surface area contributed by atoms with Crippen LogP contribution in [0, 0.1) is 11.3 Å². The molecule has 0 aromatic heterocycles. The van der Waals surface area contributed by atoms with E-state index in [9.17, 15) is 0 Å². The van der Waals surface area contributed by atoms with Gasteiger partial charge < -0.3 is 10.6 Å². The first-order chi connectivity index (χ1) is 7.43. The fourth-order valence-electron chi connectivity index (χ4n) is 1.86. The molecule has 16 heavy (non-hydrogen) atoms. The van der Waals surface area contributed by atoms with Gasteiger partial charge in [0, 0.05) is 38.8 Å². The predicted molar refractivity (Wildman–Crippen MR) is 70.8 cm³/mol. The maximum Gasteiger partial charge on any atom is 0.0342 e. The van der Waals surface area contributed by atoms with Gasteiger partial charge in [-0.25, -0.2) is 0 Å². The number of nitrogens with one attached hydrogen (secondary N) is 2. The quantitative estimate of drug-likeness (QED) is 0.738. The Balaban J connectivity index is 2.24. The van der Waals surface area contributed by atoms with Crippen LogP contribution in [0.4, 0.5) is 0 Å². The summed E-state index contributed by atoms with van der Waals surface area (Å²) >= 11 is 0. The average molecular weight is 227 g/mol. The zero-order chi connectivity index (χ0) is 12.2. The molecule has 0 amide bonds. The fourth-order valence-corrected chi connectivity index (χ4v) is 1.86. The topological polar surface area (TPSA) is 27.3 Å². The van der Waals surface area contributed by atoms with E-state index in [1.165, 1.54) is 6.54 Å². The zero-order valence-electron chi connectivity index (χ0n) is 11.6. The molecule has 1 atom stereocenters. The van der Waals surface area contributed by atoms with Crippen molar-refractivity contribution >= 4 is 0 Å². The van der Waals surface area contributed by atoms with E-state index in [2.05, 4.69) is 50.3 Å². The Labute approximate surface area is 101 Å². The normalized spacial score (nSPS) is 24.0. The van der Waals surface area contributed by atoms with Gasteiger partial charge in [0.1, 0.15) is 0 Å². The lowest BCUT2D eigenvalue weighted by Crippen LogP contribution is -2.54. The monoisotopic (exact) mass is 227 g/mol. The minimum absolute atomic E-state index is 0.390. The maximum absolute atomic E-state index is 3.63. The predicted octanol–water partition coefficient (Wildman–Crippen LogP) is 1.16. The van der Waals surface area contributed by atoms with E-state index >= 15 is 0 Å². The van der Waals surface area contributed by atoms with Crippen LogP contribution in [0.5, 0.6) is 0 Å². The molecule has 3 nitrogen and oxygen atoms in total. The second-order valence-corrected chi connectivity index (χ2v) is 6.11. The van der Waals surface area contributed by atoms with Crippen LogP contribution < -0.4 is 10.6 Å². The molecular formula is C13H29N3. The first-order valence-corrected chi connectivity index (χ1v) is 6.55. The lowest BCUT2D eigenvalue weighted by molar-refractivity contribution is 0.180. The molecule has 0 aromatic carbocycles. The highest BCUT2D eigenvalue weighted by molar-refractivity contribution is 4.81. The molecule has 96 valence electrons. The molecule has 3 heteroatoms. The van der Waals surface area contributed by atoms with Gasteiger partial charge in [-0.15, -0.1) is 0 Å². The summed E-state index contributed by atoms with van der Waals surface area (Å²) in [6.45, 7) is 14.9. The SMILES string of the molecule is CC(C)C(C)(C)CNCC1CNCCN1C. The van der Waals surface area contributed by atoms with E-state index in [0.717, 1.165) is 32.1 Å². The van der Waals surface area contributed by atoms with Crippen LogP contribution in [0.2, 0.25) is 0 Å². The Morgan fingerprint density at radius 2 is 2.12 bits per heavy atom. The Hall–Kier alpha value is -0.120.